The van der Waals surface area contributed by atoms with Gasteiger partial charge >= 0.3 is 0 Å². The second-order valence-electron chi connectivity index (χ2n) is 9.93. The number of aryl methyl sites for hydroxylation is 1. The molecule has 0 radical (unpaired) electrons. The molecular formula is C31H32N6O3S. The molecule has 4 aromatic rings. The average Bonchev–Trinajstić information content (AvgIpc) is 3.69. The molecule has 0 bridgehead atoms. The zero-order valence-corrected chi connectivity index (χ0v) is 23.5. The van der Waals surface area contributed by atoms with E-state index in [9.17, 15) is 14.4 Å². The number of hydrogen-bond donors (Lipinski definition) is 5. The number of rotatable bonds is 11. The third kappa shape index (κ3) is 7.36. The Morgan fingerprint density at radius 1 is 0.976 bits per heavy atom. The van der Waals surface area contributed by atoms with E-state index in [1.54, 1.807) is 12.1 Å². The quantitative estimate of drug-likeness (QED) is 0.173. The van der Waals surface area contributed by atoms with Gasteiger partial charge in [0.15, 0.2) is 5.13 Å². The minimum absolute atomic E-state index is 0.102. The lowest BCUT2D eigenvalue weighted by atomic mass is 10.1. The van der Waals surface area contributed by atoms with E-state index >= 15 is 0 Å². The predicted octanol–water partition coefficient (Wildman–Crippen LogP) is 4.97. The van der Waals surface area contributed by atoms with Gasteiger partial charge in [-0.25, -0.2) is 4.98 Å². The smallest absolute Gasteiger partial charge is 0.264 e. The Hall–Kier alpha value is -4.54. The zero-order valence-electron chi connectivity index (χ0n) is 22.7. The molecule has 0 saturated heterocycles. The van der Waals surface area contributed by atoms with Crippen molar-refractivity contribution in [3.05, 3.63) is 94.4 Å². The van der Waals surface area contributed by atoms with E-state index in [1.165, 1.54) is 11.3 Å². The highest BCUT2D eigenvalue weighted by Crippen LogP contribution is 2.34. The topological polar surface area (TPSA) is 138 Å². The summed E-state index contributed by atoms with van der Waals surface area (Å²) in [6.45, 7) is 2.60. The first-order valence-electron chi connectivity index (χ1n) is 13.5. The standard InChI is InChI=1S/C31H32N6O3S/c1-19-7-8-22(29(39)35-24-13-14-24)17-25(19)36-31-37-27(21-9-11-23(12-10-21)34-26(38)15-16-32)28(41-31)30(40)33-18-20-5-3-2-4-6-20/h2-12,17,24H,13-16,18,32H2,1H3,(H,33,40)(H,34,38)(H,35,39)(H,36,37). The fraction of sp³-hybridized carbons (Fsp3) is 0.226. The average molecular weight is 569 g/mol. The van der Waals surface area contributed by atoms with Gasteiger partial charge in [-0.15, -0.1) is 0 Å². The molecule has 210 valence electrons. The molecule has 0 atom stereocenters. The summed E-state index contributed by atoms with van der Waals surface area (Å²) in [4.78, 5) is 43.2. The van der Waals surface area contributed by atoms with Crippen LogP contribution in [-0.4, -0.2) is 35.3 Å². The molecule has 1 saturated carbocycles. The van der Waals surface area contributed by atoms with Crippen LogP contribution in [0.4, 0.5) is 16.5 Å². The number of nitrogens with two attached hydrogens (primary N) is 1. The van der Waals surface area contributed by atoms with Crippen molar-refractivity contribution in [3.63, 3.8) is 0 Å². The van der Waals surface area contributed by atoms with E-state index < -0.39 is 0 Å². The van der Waals surface area contributed by atoms with E-state index in [4.69, 9.17) is 10.7 Å². The largest absolute Gasteiger partial charge is 0.349 e. The van der Waals surface area contributed by atoms with Crippen LogP contribution in [-0.2, 0) is 11.3 Å². The van der Waals surface area contributed by atoms with Gasteiger partial charge in [-0.3, -0.25) is 14.4 Å². The number of amides is 3. The third-order valence-corrected chi connectivity index (χ3v) is 7.57. The van der Waals surface area contributed by atoms with Crippen LogP contribution in [0.15, 0.2) is 72.8 Å². The normalized spacial score (nSPS) is 12.4. The number of nitrogens with one attached hydrogen (secondary N) is 4. The van der Waals surface area contributed by atoms with Crippen LogP contribution >= 0.6 is 11.3 Å². The molecular weight excluding hydrogens is 536 g/mol. The van der Waals surface area contributed by atoms with E-state index in [0.29, 0.717) is 33.5 Å². The summed E-state index contributed by atoms with van der Waals surface area (Å²) in [5.74, 6) is -0.510. The van der Waals surface area contributed by atoms with Crippen molar-refractivity contribution in [2.45, 2.75) is 38.8 Å². The highest BCUT2D eigenvalue weighted by molar-refractivity contribution is 7.18. The molecule has 0 spiro atoms. The van der Waals surface area contributed by atoms with Crippen LogP contribution in [0, 0.1) is 6.92 Å². The van der Waals surface area contributed by atoms with Crippen molar-refractivity contribution < 1.29 is 14.4 Å². The number of benzene rings is 3. The van der Waals surface area contributed by atoms with Crippen LogP contribution in [0.3, 0.4) is 0 Å². The summed E-state index contributed by atoms with van der Waals surface area (Å²) >= 11 is 1.24. The van der Waals surface area contributed by atoms with Crippen molar-refractivity contribution in [3.8, 4) is 11.3 Å². The second kappa shape index (κ2) is 12.8. The van der Waals surface area contributed by atoms with Crippen molar-refractivity contribution in [1.29, 1.82) is 0 Å². The SMILES string of the molecule is Cc1ccc(C(=O)NC2CC2)cc1Nc1nc(-c2ccc(NC(=O)CCN)cc2)c(C(=O)NCc2ccccc2)s1. The predicted molar refractivity (Wildman–Crippen MR) is 162 cm³/mol. The summed E-state index contributed by atoms with van der Waals surface area (Å²) in [7, 11) is 0. The Morgan fingerprint density at radius 2 is 1.73 bits per heavy atom. The molecule has 1 fully saturated rings. The lowest BCUT2D eigenvalue weighted by molar-refractivity contribution is -0.116. The van der Waals surface area contributed by atoms with Gasteiger partial charge in [0.2, 0.25) is 5.91 Å². The third-order valence-electron chi connectivity index (χ3n) is 6.60. The van der Waals surface area contributed by atoms with E-state index in [1.807, 2.05) is 67.6 Å². The van der Waals surface area contributed by atoms with Crippen molar-refractivity contribution in [2.24, 2.45) is 5.73 Å². The molecule has 0 unspecified atom stereocenters. The van der Waals surface area contributed by atoms with Gasteiger partial charge < -0.3 is 27.0 Å². The van der Waals surface area contributed by atoms with E-state index in [-0.39, 0.29) is 36.7 Å². The van der Waals surface area contributed by atoms with Gasteiger partial charge in [-0.2, -0.15) is 0 Å². The van der Waals surface area contributed by atoms with Crippen LogP contribution in [0.2, 0.25) is 0 Å². The fourth-order valence-corrected chi connectivity index (χ4v) is 5.07. The van der Waals surface area contributed by atoms with Crippen LogP contribution < -0.4 is 27.0 Å². The van der Waals surface area contributed by atoms with Crippen LogP contribution in [0.5, 0.6) is 0 Å². The Morgan fingerprint density at radius 3 is 2.44 bits per heavy atom. The molecule has 9 nitrogen and oxygen atoms in total. The molecule has 1 heterocycles. The molecule has 1 aromatic heterocycles. The monoisotopic (exact) mass is 568 g/mol. The summed E-state index contributed by atoms with van der Waals surface area (Å²) < 4.78 is 0. The maximum atomic E-state index is 13.4. The first kappa shape index (κ1) is 28.0. The number of thiazole rings is 1. The molecule has 1 aliphatic rings. The minimum atomic E-state index is -0.246. The lowest BCUT2D eigenvalue weighted by Gasteiger charge is -2.10. The number of anilines is 3. The maximum Gasteiger partial charge on any atom is 0.264 e. The van der Waals surface area contributed by atoms with Gasteiger partial charge in [0, 0.05) is 48.1 Å². The lowest BCUT2D eigenvalue weighted by Crippen LogP contribution is -2.25. The fourth-order valence-electron chi connectivity index (χ4n) is 4.16. The molecule has 5 rings (SSSR count). The van der Waals surface area contributed by atoms with Gasteiger partial charge in [-0.1, -0.05) is 59.9 Å². The van der Waals surface area contributed by atoms with Crippen molar-refractivity contribution in [1.82, 2.24) is 15.6 Å². The van der Waals surface area contributed by atoms with E-state index in [0.717, 1.165) is 35.2 Å². The Bertz CT molecular complexity index is 1550. The van der Waals surface area contributed by atoms with Gasteiger partial charge in [-0.05, 0) is 55.2 Å². The highest BCUT2D eigenvalue weighted by atomic mass is 32.1. The second-order valence-corrected chi connectivity index (χ2v) is 10.9. The molecule has 3 amide bonds. The summed E-state index contributed by atoms with van der Waals surface area (Å²) in [6, 6.07) is 22.6. The Labute approximate surface area is 242 Å². The summed E-state index contributed by atoms with van der Waals surface area (Å²) in [5.41, 5.74) is 10.6. The number of hydrogen-bond acceptors (Lipinski definition) is 7. The minimum Gasteiger partial charge on any atom is -0.349 e. The van der Waals surface area contributed by atoms with Crippen molar-refractivity contribution in [2.75, 3.05) is 17.2 Å². The van der Waals surface area contributed by atoms with Gasteiger partial charge in [0.25, 0.3) is 11.8 Å². The zero-order chi connectivity index (χ0) is 28.8. The summed E-state index contributed by atoms with van der Waals surface area (Å²) in [5, 5.41) is 12.7. The molecule has 0 aliphatic heterocycles. The van der Waals surface area contributed by atoms with Gasteiger partial charge in [0.1, 0.15) is 4.88 Å². The first-order chi connectivity index (χ1) is 19.9. The Balaban J connectivity index is 1.41. The summed E-state index contributed by atoms with van der Waals surface area (Å²) in [6.07, 6.45) is 2.26. The highest BCUT2D eigenvalue weighted by Gasteiger charge is 2.24. The molecule has 3 aromatic carbocycles. The van der Waals surface area contributed by atoms with Crippen LogP contribution in [0.1, 0.15) is 50.4 Å². The van der Waals surface area contributed by atoms with Crippen molar-refractivity contribution >= 4 is 45.6 Å². The number of nitrogens with zero attached hydrogens (tertiary/aromatic N) is 1. The number of carbonyl (C=O) groups excluding carboxylic acids is 3. The molecule has 6 N–H and O–H groups in total. The van der Waals surface area contributed by atoms with E-state index in [2.05, 4.69) is 21.3 Å². The maximum absolute atomic E-state index is 13.4. The molecule has 1 aliphatic carbocycles. The molecule has 41 heavy (non-hydrogen) atoms. The van der Waals surface area contributed by atoms with Gasteiger partial charge in [0.05, 0.1) is 5.69 Å². The molecule has 10 heteroatoms. The van der Waals surface area contributed by atoms with Crippen LogP contribution in [0.25, 0.3) is 11.3 Å². The number of carbonyl (C=O) groups is 3. The number of aromatic nitrogens is 1. The Kier molecular flexibility index (Phi) is 8.71. The first-order valence-corrected chi connectivity index (χ1v) is 14.3.